The van der Waals surface area contributed by atoms with Gasteiger partial charge in [-0.25, -0.2) is 0 Å². The second kappa shape index (κ2) is 14.3. The Hall–Kier alpha value is -6.49. The lowest BCUT2D eigenvalue weighted by molar-refractivity contribution is 1.49. The van der Waals surface area contributed by atoms with E-state index in [4.69, 9.17) is 0 Å². The van der Waals surface area contributed by atoms with Crippen LogP contribution in [-0.4, -0.2) is 0 Å². The van der Waals surface area contributed by atoms with Crippen LogP contribution in [0.15, 0.2) is 200 Å². The molecule has 0 fully saturated rings. The predicted octanol–water partition coefficient (Wildman–Crippen LogP) is 11.8. The molecule has 0 aliphatic rings. The minimum atomic E-state index is 0.654. The van der Waals surface area contributed by atoms with Crippen molar-refractivity contribution in [1.29, 1.82) is 5.26 Å². The summed E-state index contributed by atoms with van der Waals surface area (Å²) in [6, 6.07) is 71.9. The molecule has 7 aromatic carbocycles. The van der Waals surface area contributed by atoms with Crippen LogP contribution < -0.4 is 0 Å². The average Bonchev–Trinajstić information content (AvgIpc) is 3.18. The van der Waals surface area contributed by atoms with E-state index in [1.54, 1.807) is 0 Å². The van der Waals surface area contributed by atoms with Crippen LogP contribution >= 0.6 is 0 Å². The van der Waals surface area contributed by atoms with Gasteiger partial charge in [0.15, 0.2) is 0 Å². The van der Waals surface area contributed by atoms with Crippen LogP contribution in [0.1, 0.15) is 38.9 Å². The fraction of sp³-hybridized carbons (Fsp3) is 0. The van der Waals surface area contributed by atoms with Gasteiger partial charge in [0.1, 0.15) is 6.07 Å². The van der Waals surface area contributed by atoms with Gasteiger partial charge in [0.25, 0.3) is 0 Å². The molecule has 0 saturated carbocycles. The maximum atomic E-state index is 10.4. The third-order valence-corrected chi connectivity index (χ3v) is 8.60. The summed E-state index contributed by atoms with van der Waals surface area (Å²) in [7, 11) is 0. The average molecular weight is 612 g/mol. The van der Waals surface area contributed by atoms with E-state index < -0.39 is 0 Å². The van der Waals surface area contributed by atoms with Gasteiger partial charge in [-0.05, 0) is 61.2 Å². The van der Waals surface area contributed by atoms with Crippen LogP contribution in [0.3, 0.4) is 0 Å². The van der Waals surface area contributed by atoms with Crippen molar-refractivity contribution in [2.45, 2.75) is 0 Å². The van der Waals surface area contributed by atoms with Gasteiger partial charge < -0.3 is 0 Å². The summed E-state index contributed by atoms with van der Waals surface area (Å²) in [5.74, 6) is 0. The summed E-state index contributed by atoms with van der Waals surface area (Å²) in [6.45, 7) is 0. The molecular weight excluding hydrogens is 579 g/mol. The van der Waals surface area contributed by atoms with Crippen molar-refractivity contribution in [1.82, 2.24) is 0 Å². The van der Waals surface area contributed by atoms with Gasteiger partial charge in [-0.15, -0.1) is 0 Å². The molecule has 0 amide bonds. The monoisotopic (exact) mass is 611 g/mol. The van der Waals surface area contributed by atoms with E-state index in [0.717, 1.165) is 39.0 Å². The highest BCUT2D eigenvalue weighted by atomic mass is 14.3. The fourth-order valence-corrected chi connectivity index (χ4v) is 6.31. The molecule has 0 spiro atoms. The summed E-state index contributed by atoms with van der Waals surface area (Å²) in [5.41, 5.74) is 13.8. The molecule has 0 atom stereocenters. The van der Waals surface area contributed by atoms with Crippen LogP contribution in [0.5, 0.6) is 0 Å². The van der Waals surface area contributed by atoms with E-state index in [2.05, 4.69) is 170 Å². The third-order valence-electron chi connectivity index (χ3n) is 8.60. The van der Waals surface area contributed by atoms with Crippen molar-refractivity contribution in [3.8, 4) is 17.2 Å². The Bertz CT molecular complexity index is 2120. The molecule has 0 saturated heterocycles. The molecule has 48 heavy (non-hydrogen) atoms. The van der Waals surface area contributed by atoms with Gasteiger partial charge in [-0.2, -0.15) is 5.26 Å². The topological polar surface area (TPSA) is 23.8 Å². The minimum Gasteiger partial charge on any atom is -0.192 e. The zero-order chi connectivity index (χ0) is 32.5. The molecule has 0 aliphatic heterocycles. The van der Waals surface area contributed by atoms with Gasteiger partial charge in [-0.1, -0.05) is 200 Å². The van der Waals surface area contributed by atoms with Crippen molar-refractivity contribution in [3.05, 3.63) is 239 Å². The molecule has 0 N–H and O–H groups in total. The summed E-state index contributed by atoms with van der Waals surface area (Å²) < 4.78 is 0. The van der Waals surface area contributed by atoms with Gasteiger partial charge in [0.2, 0.25) is 0 Å². The summed E-state index contributed by atoms with van der Waals surface area (Å²) in [6.07, 6.45) is 0. The largest absolute Gasteiger partial charge is 0.192 e. The first kappa shape index (κ1) is 30.2. The molecule has 7 aromatic rings. The summed E-state index contributed by atoms with van der Waals surface area (Å²) in [4.78, 5) is 0. The minimum absolute atomic E-state index is 0.654. The number of nitriles is 1. The Morgan fingerprint density at radius 2 is 0.521 bits per heavy atom. The Morgan fingerprint density at radius 1 is 0.271 bits per heavy atom. The molecule has 0 radical (unpaired) electrons. The quantitative estimate of drug-likeness (QED) is 0.124. The van der Waals surface area contributed by atoms with Gasteiger partial charge in [0.05, 0.1) is 5.57 Å². The SMILES string of the molecule is N#CC(=C(c1ccccc1)c1ccccc1)c1ccc(-c2ccc(C(=C(c3ccccc3)c3ccccc3)c3ccccc3)cc2)cc1. The van der Waals surface area contributed by atoms with Gasteiger partial charge in [-0.3, -0.25) is 0 Å². The second-order valence-electron chi connectivity index (χ2n) is 11.6. The van der Waals surface area contributed by atoms with Crippen LogP contribution in [0.2, 0.25) is 0 Å². The number of rotatable bonds is 8. The standard InChI is InChI=1S/C47H33N/c48-34-44(45(38-16-6-1-7-17-38)39-18-8-2-9-19-39)37-30-26-35(27-31-37)36-28-32-43(33-29-36)47(42-24-14-5-15-25-42)46(40-20-10-3-11-21-40)41-22-12-4-13-23-41/h1-33H. The number of hydrogen-bond donors (Lipinski definition) is 0. The highest BCUT2D eigenvalue weighted by molar-refractivity contribution is 6.05. The first-order valence-corrected chi connectivity index (χ1v) is 16.2. The molecule has 1 heteroatoms. The molecule has 7 rings (SSSR count). The smallest absolute Gasteiger partial charge is 0.100 e. The molecule has 0 unspecified atom stereocenters. The van der Waals surface area contributed by atoms with Gasteiger partial charge >= 0.3 is 0 Å². The summed E-state index contributed by atoms with van der Waals surface area (Å²) >= 11 is 0. The Morgan fingerprint density at radius 3 is 0.812 bits per heavy atom. The number of hydrogen-bond acceptors (Lipinski definition) is 1. The fourth-order valence-electron chi connectivity index (χ4n) is 6.31. The van der Waals surface area contributed by atoms with E-state index in [1.165, 1.54) is 27.8 Å². The van der Waals surface area contributed by atoms with Crippen molar-refractivity contribution >= 4 is 22.3 Å². The Labute approximate surface area is 283 Å². The molecule has 0 bridgehead atoms. The normalized spacial score (nSPS) is 10.5. The van der Waals surface area contributed by atoms with Crippen LogP contribution in [-0.2, 0) is 0 Å². The molecule has 226 valence electrons. The van der Waals surface area contributed by atoms with E-state index in [0.29, 0.717) is 5.57 Å². The van der Waals surface area contributed by atoms with Crippen molar-refractivity contribution in [2.75, 3.05) is 0 Å². The maximum Gasteiger partial charge on any atom is 0.100 e. The molecular formula is C47H33N. The van der Waals surface area contributed by atoms with E-state index in [-0.39, 0.29) is 0 Å². The first-order chi connectivity index (χ1) is 23.8. The zero-order valence-electron chi connectivity index (χ0n) is 26.5. The number of allylic oxidation sites excluding steroid dienone is 1. The van der Waals surface area contributed by atoms with Crippen molar-refractivity contribution in [3.63, 3.8) is 0 Å². The Kier molecular flexibility index (Phi) is 8.99. The predicted molar refractivity (Wildman–Crippen MR) is 201 cm³/mol. The number of benzene rings is 7. The molecule has 0 heterocycles. The van der Waals surface area contributed by atoms with E-state index in [1.807, 2.05) is 36.4 Å². The Balaban J connectivity index is 1.30. The van der Waals surface area contributed by atoms with Crippen LogP contribution in [0, 0.1) is 11.3 Å². The zero-order valence-corrected chi connectivity index (χ0v) is 26.5. The molecule has 0 aliphatic carbocycles. The molecule has 1 nitrogen and oxygen atoms in total. The third kappa shape index (κ3) is 6.42. The van der Waals surface area contributed by atoms with Crippen molar-refractivity contribution < 1.29 is 0 Å². The highest BCUT2D eigenvalue weighted by Gasteiger charge is 2.17. The van der Waals surface area contributed by atoms with Crippen LogP contribution in [0.25, 0.3) is 33.4 Å². The van der Waals surface area contributed by atoms with Crippen molar-refractivity contribution in [2.24, 2.45) is 0 Å². The lowest BCUT2D eigenvalue weighted by atomic mass is 9.85. The van der Waals surface area contributed by atoms with E-state index in [9.17, 15) is 5.26 Å². The maximum absolute atomic E-state index is 10.4. The highest BCUT2D eigenvalue weighted by Crippen LogP contribution is 2.38. The lowest BCUT2D eigenvalue weighted by Gasteiger charge is -2.18. The lowest BCUT2D eigenvalue weighted by Crippen LogP contribution is -1.97. The van der Waals surface area contributed by atoms with Gasteiger partial charge in [0, 0.05) is 5.57 Å². The number of nitrogens with zero attached hydrogens (tertiary/aromatic N) is 1. The summed E-state index contributed by atoms with van der Waals surface area (Å²) in [5, 5.41) is 10.4. The first-order valence-electron chi connectivity index (χ1n) is 16.2. The van der Waals surface area contributed by atoms with Crippen LogP contribution in [0.4, 0.5) is 0 Å². The second-order valence-corrected chi connectivity index (χ2v) is 11.6. The molecule has 0 aromatic heterocycles. The van der Waals surface area contributed by atoms with E-state index >= 15 is 0 Å².